The van der Waals surface area contributed by atoms with Crippen LogP contribution in [0.5, 0.6) is 0 Å². The maximum Gasteiger partial charge on any atom is 0.281 e. The molecule has 2 aromatic carbocycles. The lowest BCUT2D eigenvalue weighted by atomic mass is 10.1. The molecule has 1 aliphatic heterocycles. The van der Waals surface area contributed by atoms with Gasteiger partial charge in [0, 0.05) is 19.8 Å². The molecule has 0 atom stereocenters. The Kier molecular flexibility index (Phi) is 4.36. The Labute approximate surface area is 147 Å². The van der Waals surface area contributed by atoms with Crippen LogP contribution in [0.2, 0.25) is 0 Å². The number of para-hydroxylation sites is 1. The fraction of sp³-hybridized carbons (Fsp3) is 0.158. The lowest BCUT2D eigenvalue weighted by molar-refractivity contribution is -0.113. The number of nitrogens with one attached hydrogen (secondary N) is 1. The Hall–Kier alpha value is -2.66. The highest BCUT2D eigenvalue weighted by atomic mass is 32.1. The summed E-state index contributed by atoms with van der Waals surface area (Å²) in [5.74, 6) is -0.133. The third-order valence-corrected chi connectivity index (χ3v) is 4.24. The van der Waals surface area contributed by atoms with Crippen molar-refractivity contribution in [2.45, 2.75) is 6.92 Å². The summed E-state index contributed by atoms with van der Waals surface area (Å²) in [6.45, 7) is 1.97. The van der Waals surface area contributed by atoms with Gasteiger partial charge in [-0.3, -0.25) is 9.69 Å². The third-order valence-electron chi connectivity index (χ3n) is 3.96. The van der Waals surface area contributed by atoms with E-state index in [1.54, 1.807) is 4.90 Å². The Balaban J connectivity index is 1.90. The van der Waals surface area contributed by atoms with Crippen LogP contribution in [0.25, 0.3) is 6.08 Å². The van der Waals surface area contributed by atoms with Gasteiger partial charge in [0.2, 0.25) is 0 Å². The summed E-state index contributed by atoms with van der Waals surface area (Å²) in [5.41, 5.74) is 4.37. The number of carbonyl (C=O) groups is 1. The standard InChI is InChI=1S/C19H19N3OS/c1-13-6-4-5-7-17(13)22-18(23)16(20-19(22)24)12-14-8-10-15(11-9-14)21(2)3/h4-12H,1-3H3,(H,20,24). The van der Waals surface area contributed by atoms with Gasteiger partial charge in [0.1, 0.15) is 5.70 Å². The topological polar surface area (TPSA) is 35.6 Å². The number of hydrogen-bond acceptors (Lipinski definition) is 3. The zero-order valence-electron chi connectivity index (χ0n) is 13.9. The molecule has 4 nitrogen and oxygen atoms in total. The number of nitrogens with zero attached hydrogens (tertiary/aromatic N) is 2. The second-order valence-corrected chi connectivity index (χ2v) is 6.29. The molecule has 1 N–H and O–H groups in total. The van der Waals surface area contributed by atoms with Crippen molar-refractivity contribution in [1.29, 1.82) is 0 Å². The van der Waals surface area contributed by atoms with Crippen LogP contribution in [-0.2, 0) is 4.79 Å². The first-order chi connectivity index (χ1) is 11.5. The van der Waals surface area contributed by atoms with Crippen LogP contribution >= 0.6 is 12.2 Å². The molecule has 2 aromatic rings. The van der Waals surface area contributed by atoms with Crippen molar-refractivity contribution in [3.8, 4) is 0 Å². The summed E-state index contributed by atoms with van der Waals surface area (Å²) in [7, 11) is 3.99. The van der Waals surface area contributed by atoms with E-state index in [1.165, 1.54) is 0 Å². The van der Waals surface area contributed by atoms with Gasteiger partial charge in [0.05, 0.1) is 5.69 Å². The minimum absolute atomic E-state index is 0.133. The Bertz CT molecular complexity index is 825. The molecule has 1 saturated heterocycles. The number of anilines is 2. The molecule has 24 heavy (non-hydrogen) atoms. The van der Waals surface area contributed by atoms with Crippen molar-refractivity contribution in [2.24, 2.45) is 0 Å². The molecule has 1 fully saturated rings. The maximum atomic E-state index is 12.7. The molecule has 122 valence electrons. The zero-order chi connectivity index (χ0) is 17.3. The molecule has 1 aliphatic rings. The smallest absolute Gasteiger partial charge is 0.281 e. The largest absolute Gasteiger partial charge is 0.378 e. The third kappa shape index (κ3) is 3.03. The van der Waals surface area contributed by atoms with Crippen LogP contribution in [0.1, 0.15) is 11.1 Å². The van der Waals surface area contributed by atoms with E-state index in [9.17, 15) is 4.79 Å². The van der Waals surface area contributed by atoms with Crippen LogP contribution in [0.15, 0.2) is 54.2 Å². The number of benzene rings is 2. The average molecular weight is 337 g/mol. The van der Waals surface area contributed by atoms with Crippen molar-refractivity contribution >= 4 is 40.7 Å². The number of aryl methyl sites for hydroxylation is 1. The van der Waals surface area contributed by atoms with Crippen LogP contribution in [-0.4, -0.2) is 25.1 Å². The first kappa shape index (κ1) is 16.2. The molecule has 1 amide bonds. The Morgan fingerprint density at radius 1 is 1.08 bits per heavy atom. The summed E-state index contributed by atoms with van der Waals surface area (Å²) in [4.78, 5) is 16.3. The minimum atomic E-state index is -0.133. The fourth-order valence-corrected chi connectivity index (χ4v) is 2.89. The molecule has 0 aliphatic carbocycles. The van der Waals surface area contributed by atoms with Gasteiger partial charge in [0.15, 0.2) is 5.11 Å². The Morgan fingerprint density at radius 3 is 2.38 bits per heavy atom. The van der Waals surface area contributed by atoms with Crippen LogP contribution in [0.4, 0.5) is 11.4 Å². The molecule has 0 unspecified atom stereocenters. The van der Waals surface area contributed by atoms with Gasteiger partial charge in [-0.15, -0.1) is 0 Å². The van der Waals surface area contributed by atoms with E-state index >= 15 is 0 Å². The average Bonchev–Trinajstić information content (AvgIpc) is 2.83. The van der Waals surface area contributed by atoms with E-state index in [4.69, 9.17) is 12.2 Å². The predicted molar refractivity (Wildman–Crippen MR) is 103 cm³/mol. The molecule has 0 bridgehead atoms. The van der Waals surface area contributed by atoms with Gasteiger partial charge in [-0.25, -0.2) is 0 Å². The highest BCUT2D eigenvalue weighted by Gasteiger charge is 2.32. The molecule has 0 saturated carbocycles. The molecular weight excluding hydrogens is 318 g/mol. The normalized spacial score (nSPS) is 15.8. The summed E-state index contributed by atoms with van der Waals surface area (Å²) in [6, 6.07) is 15.7. The van der Waals surface area contributed by atoms with Crippen molar-refractivity contribution in [3.05, 3.63) is 65.4 Å². The summed E-state index contributed by atoms with van der Waals surface area (Å²) in [5, 5.41) is 3.43. The first-order valence-corrected chi connectivity index (χ1v) is 8.08. The van der Waals surface area contributed by atoms with Crippen LogP contribution in [0.3, 0.4) is 0 Å². The van der Waals surface area contributed by atoms with Crippen molar-refractivity contribution in [3.63, 3.8) is 0 Å². The van der Waals surface area contributed by atoms with Gasteiger partial charge in [-0.05, 0) is 54.5 Å². The highest BCUT2D eigenvalue weighted by molar-refractivity contribution is 7.80. The van der Waals surface area contributed by atoms with Crippen molar-refractivity contribution < 1.29 is 4.79 Å². The highest BCUT2D eigenvalue weighted by Crippen LogP contribution is 2.25. The van der Waals surface area contributed by atoms with Gasteiger partial charge in [-0.1, -0.05) is 30.3 Å². The second kappa shape index (κ2) is 6.45. The second-order valence-electron chi connectivity index (χ2n) is 5.90. The summed E-state index contributed by atoms with van der Waals surface area (Å²) >= 11 is 5.35. The first-order valence-electron chi connectivity index (χ1n) is 7.67. The van der Waals surface area contributed by atoms with Crippen molar-refractivity contribution in [2.75, 3.05) is 23.9 Å². The van der Waals surface area contributed by atoms with E-state index < -0.39 is 0 Å². The van der Waals surface area contributed by atoms with Crippen molar-refractivity contribution in [1.82, 2.24) is 5.32 Å². The molecule has 3 rings (SSSR count). The number of carbonyl (C=O) groups excluding carboxylic acids is 1. The number of thiocarbonyl (C=S) groups is 1. The van der Waals surface area contributed by atoms with E-state index in [1.807, 2.05) is 80.5 Å². The molecule has 0 spiro atoms. The van der Waals surface area contributed by atoms with Gasteiger partial charge >= 0.3 is 0 Å². The van der Waals surface area contributed by atoms with Crippen LogP contribution < -0.4 is 15.1 Å². The quantitative estimate of drug-likeness (QED) is 0.688. The number of rotatable bonds is 3. The van der Waals surface area contributed by atoms with E-state index in [2.05, 4.69) is 5.32 Å². The molecular formula is C19H19N3OS. The van der Waals surface area contributed by atoms with Gasteiger partial charge in [0.25, 0.3) is 5.91 Å². The SMILES string of the molecule is Cc1ccccc1N1C(=O)C(=Cc2ccc(N(C)C)cc2)NC1=S. The minimum Gasteiger partial charge on any atom is -0.378 e. The van der Waals surface area contributed by atoms with Crippen LogP contribution in [0, 0.1) is 6.92 Å². The zero-order valence-corrected chi connectivity index (χ0v) is 14.7. The number of hydrogen-bond donors (Lipinski definition) is 1. The lowest BCUT2D eigenvalue weighted by Gasteiger charge is -2.16. The number of amides is 1. The maximum absolute atomic E-state index is 12.7. The lowest BCUT2D eigenvalue weighted by Crippen LogP contribution is -2.30. The van der Waals surface area contributed by atoms with E-state index in [0.717, 1.165) is 22.5 Å². The molecule has 0 aromatic heterocycles. The van der Waals surface area contributed by atoms with E-state index in [-0.39, 0.29) is 5.91 Å². The Morgan fingerprint density at radius 2 is 1.75 bits per heavy atom. The summed E-state index contributed by atoms with van der Waals surface area (Å²) < 4.78 is 0. The van der Waals surface area contributed by atoms with Gasteiger partial charge in [-0.2, -0.15) is 0 Å². The fourth-order valence-electron chi connectivity index (χ4n) is 2.60. The molecule has 5 heteroatoms. The van der Waals surface area contributed by atoms with E-state index in [0.29, 0.717) is 10.8 Å². The molecule has 1 heterocycles. The predicted octanol–water partition coefficient (Wildman–Crippen LogP) is 3.32. The molecule has 0 radical (unpaired) electrons. The van der Waals surface area contributed by atoms with Gasteiger partial charge < -0.3 is 10.2 Å². The summed E-state index contributed by atoms with van der Waals surface area (Å²) in [6.07, 6.45) is 1.83. The monoisotopic (exact) mass is 337 g/mol.